The lowest BCUT2D eigenvalue weighted by molar-refractivity contribution is -0.0246. The highest BCUT2D eigenvalue weighted by molar-refractivity contribution is 5.20. The molecule has 4 aliphatic rings. The van der Waals surface area contributed by atoms with Gasteiger partial charge in [-0.1, -0.05) is 58.4 Å². The summed E-state index contributed by atoms with van der Waals surface area (Å²) in [5.41, 5.74) is 2.17. The lowest BCUT2D eigenvalue weighted by Gasteiger charge is -2.54. The van der Waals surface area contributed by atoms with Gasteiger partial charge >= 0.3 is 0 Å². The van der Waals surface area contributed by atoms with Crippen LogP contribution in [0, 0.1) is 52.8 Å². The monoisotopic (exact) mass is 384 g/mol. The van der Waals surface area contributed by atoms with Crippen molar-refractivity contribution in [2.75, 3.05) is 0 Å². The zero-order valence-corrected chi connectivity index (χ0v) is 19.0. The van der Waals surface area contributed by atoms with E-state index >= 15 is 0 Å². The van der Waals surface area contributed by atoms with E-state index in [1.165, 1.54) is 38.5 Å². The Labute approximate surface area is 174 Å². The van der Waals surface area contributed by atoms with Crippen molar-refractivity contribution in [3.8, 4) is 0 Å². The van der Waals surface area contributed by atoms with Crippen molar-refractivity contribution in [3.05, 3.63) is 23.8 Å². The quantitative estimate of drug-likeness (QED) is 0.516. The van der Waals surface area contributed by atoms with Gasteiger partial charge in [-0.2, -0.15) is 0 Å². The summed E-state index contributed by atoms with van der Waals surface area (Å²) in [6.07, 6.45) is 17.9. The number of hydrogen-bond donors (Lipinski definition) is 1. The Morgan fingerprint density at radius 1 is 1.00 bits per heavy atom. The molecule has 158 valence electrons. The lowest BCUT2D eigenvalue weighted by Crippen LogP contribution is -2.46. The summed E-state index contributed by atoms with van der Waals surface area (Å²) in [6.45, 7) is 12.2. The highest BCUT2D eigenvalue weighted by atomic mass is 16.3. The van der Waals surface area contributed by atoms with Gasteiger partial charge in [-0.15, -0.1) is 0 Å². The Hall–Kier alpha value is -0.560. The largest absolute Gasteiger partial charge is 0.393 e. The van der Waals surface area contributed by atoms with Gasteiger partial charge in [0, 0.05) is 0 Å². The molecule has 0 heterocycles. The molecular formula is C27H44O. The average Bonchev–Trinajstić information content (AvgIpc) is 3.02. The van der Waals surface area contributed by atoms with E-state index < -0.39 is 0 Å². The van der Waals surface area contributed by atoms with Crippen molar-refractivity contribution in [3.63, 3.8) is 0 Å². The van der Waals surface area contributed by atoms with Crippen molar-refractivity contribution in [2.45, 2.75) is 92.1 Å². The van der Waals surface area contributed by atoms with Gasteiger partial charge in [0.05, 0.1) is 6.10 Å². The maximum atomic E-state index is 10.1. The Morgan fingerprint density at radius 3 is 2.54 bits per heavy atom. The third kappa shape index (κ3) is 3.55. The van der Waals surface area contributed by atoms with E-state index in [1.54, 1.807) is 5.57 Å². The fourth-order valence-electron chi connectivity index (χ4n) is 7.86. The molecule has 3 fully saturated rings. The highest BCUT2D eigenvalue weighted by Gasteiger charge is 2.56. The zero-order valence-electron chi connectivity index (χ0n) is 19.0. The van der Waals surface area contributed by atoms with Gasteiger partial charge in [-0.3, -0.25) is 0 Å². The molecule has 9 atom stereocenters. The fourth-order valence-corrected chi connectivity index (χ4v) is 7.86. The standard InChI is InChI=1S/C27H44O/c1-17(2)18(3)6-7-19(4)25-12-13-26-24-10-8-20-16-21(28)9-11-22(20)23(24)14-15-27(25,26)5/h6-8,17-19,21-26,28H,9-16H2,1-5H3/b7-6+/t18-,19-,21+,22-,23+,24+,25+,26-,27-/m1/s1. The molecule has 0 spiro atoms. The Balaban J connectivity index is 1.49. The third-order valence-electron chi connectivity index (χ3n) is 9.90. The van der Waals surface area contributed by atoms with Crippen LogP contribution >= 0.6 is 0 Å². The summed E-state index contributed by atoms with van der Waals surface area (Å²) < 4.78 is 0. The lowest BCUT2D eigenvalue weighted by atomic mass is 9.51. The number of rotatable bonds is 4. The van der Waals surface area contributed by atoms with Crippen molar-refractivity contribution < 1.29 is 5.11 Å². The molecule has 0 aromatic carbocycles. The summed E-state index contributed by atoms with van der Waals surface area (Å²) in [4.78, 5) is 0. The van der Waals surface area contributed by atoms with Gasteiger partial charge in [0.15, 0.2) is 0 Å². The normalized spacial score (nSPS) is 45.3. The minimum absolute atomic E-state index is 0.0652. The van der Waals surface area contributed by atoms with Crippen LogP contribution in [0.1, 0.15) is 86.0 Å². The average molecular weight is 385 g/mol. The van der Waals surface area contributed by atoms with Crippen LogP contribution in [0.4, 0.5) is 0 Å². The van der Waals surface area contributed by atoms with Crippen LogP contribution in [0.3, 0.4) is 0 Å². The second kappa shape index (κ2) is 7.93. The van der Waals surface area contributed by atoms with Crippen molar-refractivity contribution in [2.24, 2.45) is 52.8 Å². The second-order valence-electron chi connectivity index (χ2n) is 11.6. The first-order valence-corrected chi connectivity index (χ1v) is 12.4. The first-order chi connectivity index (χ1) is 13.3. The molecule has 0 aromatic rings. The Bertz CT molecular complexity index is 616. The van der Waals surface area contributed by atoms with Gasteiger partial charge in [-0.25, -0.2) is 0 Å². The van der Waals surface area contributed by atoms with Crippen molar-refractivity contribution in [1.29, 1.82) is 0 Å². The van der Waals surface area contributed by atoms with Crippen molar-refractivity contribution in [1.82, 2.24) is 0 Å². The van der Waals surface area contributed by atoms with Crippen LogP contribution < -0.4 is 0 Å². The topological polar surface area (TPSA) is 20.2 Å². The second-order valence-corrected chi connectivity index (χ2v) is 11.6. The molecule has 0 bridgehead atoms. The fraction of sp³-hybridized carbons (Fsp3) is 0.852. The first kappa shape index (κ1) is 20.7. The summed E-state index contributed by atoms with van der Waals surface area (Å²) in [5, 5.41) is 10.1. The van der Waals surface area contributed by atoms with E-state index in [0.717, 1.165) is 48.3 Å². The minimum Gasteiger partial charge on any atom is -0.393 e. The van der Waals surface area contributed by atoms with Crippen LogP contribution in [0.15, 0.2) is 23.8 Å². The van der Waals surface area contributed by atoms with Gasteiger partial charge in [0.2, 0.25) is 0 Å². The first-order valence-electron chi connectivity index (χ1n) is 12.4. The Morgan fingerprint density at radius 2 is 1.79 bits per heavy atom. The van der Waals surface area contributed by atoms with Crippen molar-refractivity contribution >= 4 is 0 Å². The van der Waals surface area contributed by atoms with Crippen LogP contribution in [-0.4, -0.2) is 11.2 Å². The molecule has 1 N–H and O–H groups in total. The molecule has 4 rings (SSSR count). The highest BCUT2D eigenvalue weighted by Crippen LogP contribution is 2.64. The van der Waals surface area contributed by atoms with E-state index in [-0.39, 0.29) is 6.10 Å². The molecule has 0 saturated heterocycles. The molecule has 3 saturated carbocycles. The molecule has 28 heavy (non-hydrogen) atoms. The molecular weight excluding hydrogens is 340 g/mol. The molecule has 0 amide bonds. The van der Waals surface area contributed by atoms with E-state index in [9.17, 15) is 5.11 Å². The maximum absolute atomic E-state index is 10.1. The number of allylic oxidation sites excluding steroid dienone is 3. The summed E-state index contributed by atoms with van der Waals surface area (Å²) in [7, 11) is 0. The van der Waals surface area contributed by atoms with E-state index in [2.05, 4.69) is 52.8 Å². The molecule has 0 radical (unpaired) electrons. The predicted octanol–water partition coefficient (Wildman–Crippen LogP) is 7.02. The van der Waals surface area contributed by atoms with Crippen LogP contribution in [0.2, 0.25) is 0 Å². The van der Waals surface area contributed by atoms with Crippen LogP contribution in [0.25, 0.3) is 0 Å². The van der Waals surface area contributed by atoms with Crippen LogP contribution in [0.5, 0.6) is 0 Å². The number of fused-ring (bicyclic) bond motifs is 5. The summed E-state index contributed by atoms with van der Waals surface area (Å²) in [6, 6.07) is 0. The molecule has 4 aliphatic carbocycles. The van der Waals surface area contributed by atoms with Gasteiger partial charge in [0.1, 0.15) is 0 Å². The molecule has 0 unspecified atom stereocenters. The van der Waals surface area contributed by atoms with Gasteiger partial charge in [-0.05, 0) is 104 Å². The van der Waals surface area contributed by atoms with Crippen LogP contribution in [-0.2, 0) is 0 Å². The number of hydrogen-bond acceptors (Lipinski definition) is 1. The zero-order chi connectivity index (χ0) is 20.1. The SMILES string of the molecule is CC(C)[C@H](C)/C=C/[C@@H](C)[C@@H]1CC[C@@H]2[C@H]3CC=C4C[C@@H](O)CC[C@H]4[C@@H]3CC[C@@]21C. The van der Waals surface area contributed by atoms with E-state index in [4.69, 9.17) is 0 Å². The number of aliphatic hydroxyl groups is 1. The van der Waals surface area contributed by atoms with E-state index in [0.29, 0.717) is 17.3 Å². The van der Waals surface area contributed by atoms with Gasteiger partial charge < -0.3 is 5.11 Å². The number of aliphatic hydroxyl groups excluding tert-OH is 1. The predicted molar refractivity (Wildman–Crippen MR) is 119 cm³/mol. The summed E-state index contributed by atoms with van der Waals surface area (Å²) in [5.74, 6) is 6.57. The third-order valence-corrected chi connectivity index (χ3v) is 9.90. The smallest absolute Gasteiger partial charge is 0.0577 e. The molecule has 0 aliphatic heterocycles. The summed E-state index contributed by atoms with van der Waals surface area (Å²) >= 11 is 0. The Kier molecular flexibility index (Phi) is 5.87. The minimum atomic E-state index is -0.0652. The van der Waals surface area contributed by atoms with E-state index in [1.807, 2.05) is 0 Å². The van der Waals surface area contributed by atoms with Gasteiger partial charge in [0.25, 0.3) is 0 Å². The molecule has 0 aromatic heterocycles. The maximum Gasteiger partial charge on any atom is 0.0577 e. The molecule has 1 nitrogen and oxygen atoms in total. The molecule has 1 heteroatoms.